The third-order valence-corrected chi connectivity index (χ3v) is 0. The molecule has 0 saturated heterocycles. The molecule has 0 saturated carbocycles. The van der Waals surface area contributed by atoms with Gasteiger partial charge in [0.15, 0.2) is 0 Å². The molecule has 1 nitrogen and oxygen atoms in total. The van der Waals surface area contributed by atoms with Crippen molar-refractivity contribution < 1.29 is 39.6 Å². The van der Waals surface area contributed by atoms with E-state index in [2.05, 4.69) is 0 Å². The van der Waals surface area contributed by atoms with Gasteiger partial charge < -0.3 is 5.48 Å². The Morgan fingerprint density at radius 3 is 1.00 bits per heavy atom. The molecule has 0 aromatic heterocycles. The van der Waals surface area contributed by atoms with Crippen molar-refractivity contribution in [3.63, 3.8) is 0 Å². The van der Waals surface area contributed by atoms with Gasteiger partial charge in [-0.15, -0.1) is 0 Å². The Labute approximate surface area is 62.3 Å². The van der Waals surface area contributed by atoms with Crippen molar-refractivity contribution >= 4 is 23.1 Å². The van der Waals surface area contributed by atoms with Crippen LogP contribution in [0.2, 0.25) is 0 Å². The van der Waals surface area contributed by atoms with Gasteiger partial charge in [-0.1, -0.05) is 0 Å². The van der Waals surface area contributed by atoms with Gasteiger partial charge in [0.05, 0.1) is 0 Å². The van der Waals surface area contributed by atoms with Crippen molar-refractivity contribution in [2.24, 2.45) is 0 Å². The van der Waals surface area contributed by atoms with E-state index >= 15 is 0 Å². The van der Waals surface area contributed by atoms with Crippen LogP contribution >= 0.6 is 0 Å². The molecule has 0 fully saturated rings. The van der Waals surface area contributed by atoms with Gasteiger partial charge in [-0.25, -0.2) is 0 Å². The summed E-state index contributed by atoms with van der Waals surface area (Å²) in [5.74, 6) is 0. The van der Waals surface area contributed by atoms with Crippen molar-refractivity contribution in [1.29, 1.82) is 0 Å². The van der Waals surface area contributed by atoms with Gasteiger partial charge in [0.1, 0.15) is 0 Å². The van der Waals surface area contributed by atoms with Crippen molar-refractivity contribution in [3.8, 4) is 0 Å². The molecule has 0 aromatic rings. The van der Waals surface area contributed by atoms with E-state index in [0.717, 1.165) is 0 Å². The van der Waals surface area contributed by atoms with Crippen molar-refractivity contribution in [1.82, 2.24) is 0 Å². The van der Waals surface area contributed by atoms with Crippen LogP contribution in [0.4, 0.5) is 0 Å². The molecule has 0 spiro atoms. The van der Waals surface area contributed by atoms with Crippen LogP contribution in [0.3, 0.4) is 0 Å². The zero-order chi connectivity index (χ0) is 0. The molecule has 4 heteroatoms. The van der Waals surface area contributed by atoms with E-state index in [-0.39, 0.29) is 62.7 Å². The first-order valence-corrected chi connectivity index (χ1v) is 0. The average Bonchev–Trinajstić information content (AvgIpc) is 0. The molecule has 0 aromatic carbocycles. The third-order valence-electron chi connectivity index (χ3n) is 0. The zero-order valence-corrected chi connectivity index (χ0v) is 5.64. The Hall–Kier alpha value is 1.77. The smallest absolute Gasteiger partial charge is 0 e. The molecule has 25 valence electrons. The molecule has 4 heavy (non-hydrogen) atoms. The predicted octanol–water partition coefficient (Wildman–Crippen LogP) is -1.21. The zero-order valence-electron chi connectivity index (χ0n) is 1.94. The van der Waals surface area contributed by atoms with Gasteiger partial charge in [-0.2, -0.15) is 0 Å². The predicted molar refractivity (Wildman–Crippen MR) is 9.37 cm³/mol. The second kappa shape index (κ2) is 21.7. The second-order valence-electron chi connectivity index (χ2n) is 0. The van der Waals surface area contributed by atoms with Crippen LogP contribution in [0.1, 0.15) is 0 Å². The number of hydrogen-bond donors (Lipinski definition) is 0. The van der Waals surface area contributed by atoms with Gasteiger partial charge >= 0.3 is 0 Å². The van der Waals surface area contributed by atoms with E-state index in [1.165, 1.54) is 0 Å². The fraction of sp³-hybridized carbons (Fsp3) is 0. The van der Waals surface area contributed by atoms with Crippen LogP contribution < -0.4 is 0 Å². The van der Waals surface area contributed by atoms with Crippen LogP contribution in [0.15, 0.2) is 0 Å². The minimum absolute atomic E-state index is 0. The van der Waals surface area contributed by atoms with E-state index < -0.39 is 0 Å². The Kier molecular flexibility index (Phi) is 228. The molecule has 0 heterocycles. The molecule has 3 radical (unpaired) electrons. The minimum Gasteiger partial charge on any atom is -0.412 e. The summed E-state index contributed by atoms with van der Waals surface area (Å²) >= 11 is 0. The van der Waals surface area contributed by atoms with Crippen molar-refractivity contribution in [2.45, 2.75) is 0 Å². The molecular weight excluding hydrogens is 151 g/mol. The first kappa shape index (κ1) is 42.0. The Balaban J connectivity index is 0. The first-order chi connectivity index (χ1) is 0. The molecule has 0 unspecified atom stereocenters. The summed E-state index contributed by atoms with van der Waals surface area (Å²) in [6.07, 6.45) is 0. The largest absolute Gasteiger partial charge is 0.412 e. The molecule has 0 aliphatic heterocycles. The van der Waals surface area contributed by atoms with E-state index in [1.54, 1.807) is 0 Å². The molecule has 0 rings (SSSR count). The molecule has 0 atom stereocenters. The summed E-state index contributed by atoms with van der Waals surface area (Å²) in [7, 11) is 0. The Morgan fingerprint density at radius 2 is 1.00 bits per heavy atom. The summed E-state index contributed by atoms with van der Waals surface area (Å²) in [5, 5.41) is 0. The topological polar surface area (TPSA) is 31.5 Å². The summed E-state index contributed by atoms with van der Waals surface area (Å²) in [5.41, 5.74) is 0. The van der Waals surface area contributed by atoms with Gasteiger partial charge in [0.25, 0.3) is 0 Å². The Morgan fingerprint density at radius 1 is 1.00 bits per heavy atom. The van der Waals surface area contributed by atoms with Gasteiger partial charge in [-0.05, 0) is 0 Å². The SMILES string of the molecule is O.[Fe].[Mg].[Mn]. The van der Waals surface area contributed by atoms with Gasteiger partial charge in [-0.3, -0.25) is 0 Å². The summed E-state index contributed by atoms with van der Waals surface area (Å²) in [6, 6.07) is 0. The summed E-state index contributed by atoms with van der Waals surface area (Å²) < 4.78 is 0. The normalized spacial score (nSPS) is 0. The fourth-order valence-electron chi connectivity index (χ4n) is 0. The van der Waals surface area contributed by atoms with Crippen LogP contribution in [0.25, 0.3) is 0 Å². The fourth-order valence-corrected chi connectivity index (χ4v) is 0. The summed E-state index contributed by atoms with van der Waals surface area (Å²) in [6.45, 7) is 0. The van der Waals surface area contributed by atoms with Crippen molar-refractivity contribution in [2.75, 3.05) is 0 Å². The van der Waals surface area contributed by atoms with E-state index in [0.29, 0.717) is 0 Å². The average molecular weight is 153 g/mol. The minimum atomic E-state index is 0. The van der Waals surface area contributed by atoms with Crippen LogP contribution in [-0.2, 0) is 34.1 Å². The third kappa shape index (κ3) is 9.24. The summed E-state index contributed by atoms with van der Waals surface area (Å²) in [4.78, 5) is 0. The molecule has 0 aliphatic rings. The monoisotopic (exact) mass is 153 g/mol. The quantitative estimate of drug-likeness (QED) is 0.391. The van der Waals surface area contributed by atoms with Crippen LogP contribution in [-0.4, -0.2) is 28.5 Å². The molecule has 2 N–H and O–H groups in total. The number of rotatable bonds is 0. The molecule has 0 bridgehead atoms. The van der Waals surface area contributed by atoms with Crippen LogP contribution in [0, 0.1) is 0 Å². The van der Waals surface area contributed by atoms with Crippen molar-refractivity contribution in [3.05, 3.63) is 0 Å². The Bertz CT molecular complexity index is 8.00. The first-order valence-electron chi connectivity index (χ1n) is 0. The molecular formula is H2FeMgMnO. The number of hydrogen-bond acceptors (Lipinski definition) is 0. The second-order valence-corrected chi connectivity index (χ2v) is 0. The molecule has 0 amide bonds. The van der Waals surface area contributed by atoms with E-state index in [9.17, 15) is 0 Å². The molecule has 0 aliphatic carbocycles. The standard InChI is InChI=1S/Fe.Mg.Mn.H2O/h;;;1H2. The van der Waals surface area contributed by atoms with E-state index in [1.807, 2.05) is 0 Å². The maximum Gasteiger partial charge on any atom is 0 e. The van der Waals surface area contributed by atoms with Gasteiger partial charge in [0, 0.05) is 57.2 Å². The van der Waals surface area contributed by atoms with E-state index in [4.69, 9.17) is 0 Å². The van der Waals surface area contributed by atoms with Gasteiger partial charge in [0.2, 0.25) is 0 Å². The van der Waals surface area contributed by atoms with Crippen LogP contribution in [0.5, 0.6) is 0 Å². The maximum atomic E-state index is 0. The maximum absolute atomic E-state index is 0.